The second-order valence-corrected chi connectivity index (χ2v) is 8.26. The van der Waals surface area contributed by atoms with E-state index in [0.29, 0.717) is 11.6 Å². The largest absolute Gasteiger partial charge is 0.503 e. The number of aliphatic hydroxyl groups is 1. The molecule has 5 heteroatoms. The number of carbonyl (C=O) groups excluding carboxylic acids is 2. The lowest BCUT2D eigenvalue weighted by molar-refractivity contribution is -0.130. The molecule has 0 spiro atoms. The van der Waals surface area contributed by atoms with Crippen LogP contribution >= 0.6 is 0 Å². The molecule has 29 heavy (non-hydrogen) atoms. The van der Waals surface area contributed by atoms with E-state index in [4.69, 9.17) is 0 Å². The van der Waals surface area contributed by atoms with Crippen molar-refractivity contribution in [3.63, 3.8) is 0 Å². The van der Waals surface area contributed by atoms with Gasteiger partial charge in [0.2, 0.25) is 0 Å². The van der Waals surface area contributed by atoms with Gasteiger partial charge in [0.1, 0.15) is 0 Å². The van der Waals surface area contributed by atoms with Gasteiger partial charge in [-0.25, -0.2) is 0 Å². The van der Waals surface area contributed by atoms with Crippen LogP contribution in [0.4, 0.5) is 0 Å². The van der Waals surface area contributed by atoms with E-state index >= 15 is 0 Å². The molecule has 2 aromatic rings. The monoisotopic (exact) mass is 392 g/mol. The highest BCUT2D eigenvalue weighted by Crippen LogP contribution is 2.39. The normalized spacial score (nSPS) is 17.0. The van der Waals surface area contributed by atoms with Gasteiger partial charge in [0.25, 0.3) is 5.91 Å². The molecule has 0 saturated heterocycles. The molecule has 2 heterocycles. The Morgan fingerprint density at radius 1 is 1.10 bits per heavy atom. The van der Waals surface area contributed by atoms with Crippen molar-refractivity contribution in [1.29, 1.82) is 0 Å². The Bertz CT molecular complexity index is 915. The summed E-state index contributed by atoms with van der Waals surface area (Å²) >= 11 is 0. The van der Waals surface area contributed by atoms with Crippen molar-refractivity contribution in [2.45, 2.75) is 52.6 Å². The maximum absolute atomic E-state index is 13.0. The van der Waals surface area contributed by atoms with Crippen LogP contribution in [0.3, 0.4) is 0 Å². The van der Waals surface area contributed by atoms with Gasteiger partial charge in [0.05, 0.1) is 23.9 Å². The van der Waals surface area contributed by atoms with Crippen molar-refractivity contribution < 1.29 is 14.7 Å². The molecule has 1 amide bonds. The number of ketones is 1. The Morgan fingerprint density at radius 3 is 2.34 bits per heavy atom. The number of aromatic nitrogens is 1. The molecule has 0 fully saturated rings. The first kappa shape index (κ1) is 20.8. The number of aliphatic hydroxyl groups excluding tert-OH is 1. The van der Waals surface area contributed by atoms with Gasteiger partial charge in [-0.1, -0.05) is 58.0 Å². The molecule has 0 bridgehead atoms. The number of nitrogens with zero attached hydrogens (tertiary/aromatic N) is 2. The van der Waals surface area contributed by atoms with Gasteiger partial charge in [0, 0.05) is 12.6 Å². The lowest BCUT2D eigenvalue weighted by atomic mass is 9.91. The summed E-state index contributed by atoms with van der Waals surface area (Å²) in [6, 6.07) is 12.8. The van der Waals surface area contributed by atoms with Crippen molar-refractivity contribution >= 4 is 11.7 Å². The molecule has 3 rings (SSSR count). The first-order valence-electron chi connectivity index (χ1n) is 10.1. The van der Waals surface area contributed by atoms with Crippen LogP contribution in [0.2, 0.25) is 0 Å². The maximum Gasteiger partial charge on any atom is 0.290 e. The van der Waals surface area contributed by atoms with E-state index in [1.165, 1.54) is 10.5 Å². The molecule has 0 aliphatic carbocycles. The molecule has 0 saturated carbocycles. The smallest absolute Gasteiger partial charge is 0.290 e. The average Bonchev–Trinajstić information content (AvgIpc) is 2.93. The standard InChI is InChI=1S/C24H28N2O3/c1-15(2)13-20(27)21-22(18-10-8-17(9-11-18)16(3)4)26(24(29)23(21)28)14-19-7-5-6-12-25-19/h5-12,15-16,22,28H,13-14H2,1-4H3. The number of carbonyl (C=O) groups is 2. The summed E-state index contributed by atoms with van der Waals surface area (Å²) < 4.78 is 0. The molecule has 1 aliphatic rings. The first-order valence-corrected chi connectivity index (χ1v) is 10.1. The average molecular weight is 392 g/mol. The SMILES string of the molecule is CC(C)CC(=O)C1=C(O)C(=O)N(Cc2ccccn2)C1c1ccc(C(C)C)cc1. The van der Waals surface area contributed by atoms with Crippen molar-refractivity contribution in [2.24, 2.45) is 5.92 Å². The molecule has 1 aliphatic heterocycles. The highest BCUT2D eigenvalue weighted by atomic mass is 16.3. The van der Waals surface area contributed by atoms with Crippen LogP contribution in [0.1, 0.15) is 62.9 Å². The summed E-state index contributed by atoms with van der Waals surface area (Å²) in [6.07, 6.45) is 1.95. The molecule has 0 radical (unpaired) electrons. The fraction of sp³-hybridized carbons (Fsp3) is 0.375. The Hall–Kier alpha value is -2.95. The number of amides is 1. The second-order valence-electron chi connectivity index (χ2n) is 8.26. The number of pyridine rings is 1. The third-order valence-electron chi connectivity index (χ3n) is 5.18. The van der Waals surface area contributed by atoms with Crippen LogP contribution in [0.15, 0.2) is 60.0 Å². The summed E-state index contributed by atoms with van der Waals surface area (Å²) in [5, 5.41) is 10.6. The van der Waals surface area contributed by atoms with Crippen molar-refractivity contribution in [2.75, 3.05) is 0 Å². The van der Waals surface area contributed by atoms with Gasteiger partial charge in [-0.05, 0) is 35.1 Å². The highest BCUT2D eigenvalue weighted by molar-refractivity contribution is 6.08. The van der Waals surface area contributed by atoms with E-state index in [1.54, 1.807) is 6.20 Å². The number of hydrogen-bond acceptors (Lipinski definition) is 4. The lowest BCUT2D eigenvalue weighted by Gasteiger charge is -2.27. The van der Waals surface area contributed by atoms with E-state index in [2.05, 4.69) is 18.8 Å². The zero-order valence-electron chi connectivity index (χ0n) is 17.4. The second kappa shape index (κ2) is 8.60. The van der Waals surface area contributed by atoms with Crippen LogP contribution < -0.4 is 0 Å². The van der Waals surface area contributed by atoms with E-state index in [9.17, 15) is 14.7 Å². The third kappa shape index (κ3) is 4.39. The van der Waals surface area contributed by atoms with E-state index in [-0.39, 0.29) is 30.2 Å². The number of hydrogen-bond donors (Lipinski definition) is 1. The molecule has 152 valence electrons. The number of benzene rings is 1. The first-order chi connectivity index (χ1) is 13.8. The predicted molar refractivity (Wildman–Crippen MR) is 112 cm³/mol. The Labute approximate surface area is 172 Å². The third-order valence-corrected chi connectivity index (χ3v) is 5.18. The van der Waals surface area contributed by atoms with Gasteiger partial charge in [0.15, 0.2) is 11.5 Å². The predicted octanol–water partition coefficient (Wildman–Crippen LogP) is 4.72. The van der Waals surface area contributed by atoms with E-state index in [1.807, 2.05) is 56.3 Å². The van der Waals surface area contributed by atoms with Gasteiger partial charge < -0.3 is 10.0 Å². The number of Topliss-reactive ketones (excluding diaryl/α,β-unsaturated/α-hetero) is 1. The zero-order chi connectivity index (χ0) is 21.1. The maximum atomic E-state index is 13.0. The quantitative estimate of drug-likeness (QED) is 0.740. The Kier molecular flexibility index (Phi) is 6.16. The summed E-state index contributed by atoms with van der Waals surface area (Å²) in [5.41, 5.74) is 2.89. The van der Waals surface area contributed by atoms with Gasteiger partial charge in [-0.2, -0.15) is 0 Å². The minimum Gasteiger partial charge on any atom is -0.503 e. The van der Waals surface area contributed by atoms with Crippen LogP contribution in [-0.4, -0.2) is 26.7 Å². The van der Waals surface area contributed by atoms with E-state index < -0.39 is 17.7 Å². The summed E-state index contributed by atoms with van der Waals surface area (Å²) in [5.74, 6) is -0.644. The van der Waals surface area contributed by atoms with Crippen LogP contribution in [-0.2, 0) is 16.1 Å². The molecule has 1 aromatic carbocycles. The molecular formula is C24H28N2O3. The highest BCUT2D eigenvalue weighted by Gasteiger charge is 2.43. The molecule has 5 nitrogen and oxygen atoms in total. The summed E-state index contributed by atoms with van der Waals surface area (Å²) in [4.78, 5) is 31.7. The van der Waals surface area contributed by atoms with Crippen molar-refractivity contribution in [1.82, 2.24) is 9.88 Å². The molecule has 1 atom stereocenters. The van der Waals surface area contributed by atoms with Gasteiger partial charge >= 0.3 is 0 Å². The van der Waals surface area contributed by atoms with Gasteiger partial charge in [-0.3, -0.25) is 14.6 Å². The zero-order valence-corrected chi connectivity index (χ0v) is 17.4. The topological polar surface area (TPSA) is 70.5 Å². The molecule has 1 unspecified atom stereocenters. The van der Waals surface area contributed by atoms with Crippen LogP contribution in [0.25, 0.3) is 0 Å². The fourth-order valence-corrected chi connectivity index (χ4v) is 3.66. The van der Waals surface area contributed by atoms with Crippen LogP contribution in [0, 0.1) is 5.92 Å². The Balaban J connectivity index is 2.03. The molecule has 1 N–H and O–H groups in total. The molecular weight excluding hydrogens is 364 g/mol. The van der Waals surface area contributed by atoms with Gasteiger partial charge in [-0.15, -0.1) is 0 Å². The molecule has 1 aromatic heterocycles. The van der Waals surface area contributed by atoms with Crippen molar-refractivity contribution in [3.8, 4) is 0 Å². The minimum absolute atomic E-state index is 0.131. The summed E-state index contributed by atoms with van der Waals surface area (Å²) in [7, 11) is 0. The summed E-state index contributed by atoms with van der Waals surface area (Å²) in [6.45, 7) is 8.35. The van der Waals surface area contributed by atoms with E-state index in [0.717, 1.165) is 5.56 Å². The Morgan fingerprint density at radius 2 is 1.79 bits per heavy atom. The van der Waals surface area contributed by atoms with Crippen molar-refractivity contribution in [3.05, 3.63) is 76.8 Å². The lowest BCUT2D eigenvalue weighted by Crippen LogP contribution is -2.31. The minimum atomic E-state index is -0.614. The number of rotatable bonds is 7. The van der Waals surface area contributed by atoms with Crippen LogP contribution in [0.5, 0.6) is 0 Å². The fourth-order valence-electron chi connectivity index (χ4n) is 3.66.